The second kappa shape index (κ2) is 8.39. The van der Waals surface area contributed by atoms with Gasteiger partial charge in [0, 0.05) is 5.39 Å². The Balaban J connectivity index is 1.62. The maximum Gasteiger partial charge on any atom is 0.325 e. The molecule has 5 heteroatoms. The normalized spacial score (nSPS) is 11.1. The lowest BCUT2D eigenvalue weighted by Gasteiger charge is -2.26. The molecule has 30 heavy (non-hydrogen) atoms. The first-order valence-corrected chi connectivity index (χ1v) is 9.87. The van der Waals surface area contributed by atoms with Gasteiger partial charge in [0.15, 0.2) is 4.87 Å². The number of benzene rings is 4. The fourth-order valence-electron chi connectivity index (χ4n) is 3.44. The minimum Gasteiger partial charge on any atom is -0.307 e. The van der Waals surface area contributed by atoms with Gasteiger partial charge in [-0.25, -0.2) is 4.79 Å². The van der Waals surface area contributed by atoms with Crippen molar-refractivity contribution in [3.63, 3.8) is 0 Å². The number of amides is 3. The van der Waals surface area contributed by atoms with Crippen LogP contribution >= 0.6 is 11.6 Å². The van der Waals surface area contributed by atoms with E-state index in [1.54, 1.807) is 54.6 Å². The number of alkyl halides is 1. The van der Waals surface area contributed by atoms with Crippen LogP contribution < -0.4 is 10.6 Å². The molecule has 0 aliphatic carbocycles. The zero-order valence-electron chi connectivity index (χ0n) is 16.0. The lowest BCUT2D eigenvalue weighted by Crippen LogP contribution is -2.45. The van der Waals surface area contributed by atoms with Crippen LogP contribution in [0, 0.1) is 0 Å². The molecule has 0 unspecified atom stereocenters. The van der Waals surface area contributed by atoms with E-state index in [0.29, 0.717) is 16.8 Å². The summed E-state index contributed by atoms with van der Waals surface area (Å²) in [4.78, 5) is 24.4. The van der Waals surface area contributed by atoms with Crippen molar-refractivity contribution in [3.8, 4) is 0 Å². The SMILES string of the molecule is O=C(NC(=O)C(Cl)(c1ccccc1)c1ccccc1)Nc1cccc2ccccc12. The minimum atomic E-state index is -1.54. The molecule has 0 spiro atoms. The third-order valence-electron chi connectivity index (χ3n) is 4.92. The molecule has 0 atom stereocenters. The number of urea groups is 1. The van der Waals surface area contributed by atoms with E-state index in [0.717, 1.165) is 10.8 Å². The largest absolute Gasteiger partial charge is 0.325 e. The Kier molecular flexibility index (Phi) is 5.50. The topological polar surface area (TPSA) is 58.2 Å². The van der Waals surface area contributed by atoms with Crippen molar-refractivity contribution in [1.82, 2.24) is 5.32 Å². The number of carbonyl (C=O) groups is 2. The van der Waals surface area contributed by atoms with Gasteiger partial charge in [0.25, 0.3) is 5.91 Å². The number of hydrogen-bond donors (Lipinski definition) is 2. The molecule has 4 nitrogen and oxygen atoms in total. The van der Waals surface area contributed by atoms with Gasteiger partial charge in [0.05, 0.1) is 5.69 Å². The highest BCUT2D eigenvalue weighted by Gasteiger charge is 2.40. The van der Waals surface area contributed by atoms with Crippen LogP contribution in [-0.4, -0.2) is 11.9 Å². The van der Waals surface area contributed by atoms with Crippen molar-refractivity contribution in [3.05, 3.63) is 114 Å². The number of anilines is 1. The molecule has 3 amide bonds. The Labute approximate surface area is 179 Å². The molecule has 0 saturated heterocycles. The van der Waals surface area contributed by atoms with Crippen LogP contribution in [0.15, 0.2) is 103 Å². The number of hydrogen-bond acceptors (Lipinski definition) is 2. The van der Waals surface area contributed by atoms with E-state index in [-0.39, 0.29) is 0 Å². The molecular formula is C25H19ClN2O2. The Morgan fingerprint density at radius 1 is 0.667 bits per heavy atom. The van der Waals surface area contributed by atoms with Gasteiger partial charge in [-0.15, -0.1) is 0 Å². The summed E-state index contributed by atoms with van der Waals surface area (Å²) in [5, 5.41) is 7.04. The zero-order chi connectivity index (χ0) is 21.0. The van der Waals surface area contributed by atoms with Gasteiger partial charge in [-0.2, -0.15) is 0 Å². The van der Waals surface area contributed by atoms with Gasteiger partial charge in [-0.05, 0) is 22.6 Å². The molecule has 0 aliphatic heterocycles. The van der Waals surface area contributed by atoms with Gasteiger partial charge < -0.3 is 5.32 Å². The minimum absolute atomic E-state index is 0.577. The average Bonchev–Trinajstić information content (AvgIpc) is 2.80. The zero-order valence-corrected chi connectivity index (χ0v) is 16.8. The van der Waals surface area contributed by atoms with Crippen molar-refractivity contribution in [1.29, 1.82) is 0 Å². The summed E-state index contributed by atoms with van der Waals surface area (Å²) in [6.07, 6.45) is 0. The molecule has 4 aromatic carbocycles. The smallest absolute Gasteiger partial charge is 0.307 e. The highest BCUT2D eigenvalue weighted by molar-refractivity contribution is 6.38. The average molecular weight is 415 g/mol. The molecule has 4 aromatic rings. The van der Waals surface area contributed by atoms with E-state index in [2.05, 4.69) is 10.6 Å². The standard InChI is InChI=1S/C25H19ClN2O2/c26-25(19-12-3-1-4-13-19,20-14-5-2-6-15-20)23(29)28-24(30)27-22-17-9-11-18-10-7-8-16-21(18)22/h1-17H,(H2,27,28,29,30). The van der Waals surface area contributed by atoms with E-state index in [4.69, 9.17) is 11.6 Å². The number of carbonyl (C=O) groups excluding carboxylic acids is 2. The number of halogens is 1. The van der Waals surface area contributed by atoms with E-state index < -0.39 is 16.8 Å². The summed E-state index contributed by atoms with van der Waals surface area (Å²) in [5.74, 6) is -0.626. The maximum absolute atomic E-state index is 13.2. The second-order valence-corrected chi connectivity index (χ2v) is 7.39. The fraction of sp³-hybridized carbons (Fsp3) is 0.0400. The van der Waals surface area contributed by atoms with Gasteiger partial charge in [-0.1, -0.05) is 109 Å². The van der Waals surface area contributed by atoms with Crippen LogP contribution in [0.1, 0.15) is 11.1 Å². The molecule has 0 heterocycles. The van der Waals surface area contributed by atoms with Crippen LogP contribution in [0.5, 0.6) is 0 Å². The highest BCUT2D eigenvalue weighted by Crippen LogP contribution is 2.37. The monoisotopic (exact) mass is 414 g/mol. The molecule has 4 rings (SSSR count). The van der Waals surface area contributed by atoms with Crippen molar-refractivity contribution in [2.45, 2.75) is 4.87 Å². The summed E-state index contributed by atoms with van der Waals surface area (Å²) < 4.78 is 0. The third-order valence-corrected chi connectivity index (χ3v) is 5.53. The molecule has 2 N–H and O–H groups in total. The maximum atomic E-state index is 13.2. The predicted molar refractivity (Wildman–Crippen MR) is 121 cm³/mol. The van der Waals surface area contributed by atoms with E-state index in [1.165, 1.54) is 0 Å². The summed E-state index contributed by atoms with van der Waals surface area (Å²) in [5.41, 5.74) is 1.76. The molecule has 0 fully saturated rings. The van der Waals surface area contributed by atoms with E-state index in [9.17, 15) is 9.59 Å². The predicted octanol–water partition coefficient (Wildman–Crippen LogP) is 5.67. The highest BCUT2D eigenvalue weighted by atomic mass is 35.5. The molecule has 0 bridgehead atoms. The molecule has 0 aromatic heterocycles. The number of rotatable bonds is 4. The first kappa shape index (κ1) is 19.7. The first-order valence-electron chi connectivity index (χ1n) is 9.49. The quantitative estimate of drug-likeness (QED) is 0.422. The van der Waals surface area contributed by atoms with Crippen molar-refractivity contribution < 1.29 is 9.59 Å². The van der Waals surface area contributed by atoms with Crippen molar-refractivity contribution in [2.24, 2.45) is 0 Å². The molecular weight excluding hydrogens is 396 g/mol. The lowest BCUT2D eigenvalue weighted by molar-refractivity contribution is -0.121. The Hall–Kier alpha value is -3.63. The third kappa shape index (κ3) is 3.78. The number of nitrogens with one attached hydrogen (secondary N) is 2. The number of imide groups is 1. The molecule has 148 valence electrons. The number of fused-ring (bicyclic) bond motifs is 1. The van der Waals surface area contributed by atoms with Crippen LogP contribution in [0.2, 0.25) is 0 Å². The summed E-state index contributed by atoms with van der Waals surface area (Å²) >= 11 is 6.89. The van der Waals surface area contributed by atoms with Gasteiger partial charge in [-0.3, -0.25) is 10.1 Å². The van der Waals surface area contributed by atoms with Crippen LogP contribution in [0.4, 0.5) is 10.5 Å². The van der Waals surface area contributed by atoms with Crippen LogP contribution in [-0.2, 0) is 9.67 Å². The second-order valence-electron chi connectivity index (χ2n) is 6.83. The summed E-state index contributed by atoms with van der Waals surface area (Å²) in [7, 11) is 0. The van der Waals surface area contributed by atoms with Crippen molar-refractivity contribution in [2.75, 3.05) is 5.32 Å². The van der Waals surface area contributed by atoms with E-state index >= 15 is 0 Å². The summed E-state index contributed by atoms with van der Waals surface area (Å²) in [6, 6.07) is 30.6. The van der Waals surface area contributed by atoms with Crippen LogP contribution in [0.3, 0.4) is 0 Å². The van der Waals surface area contributed by atoms with Crippen molar-refractivity contribution >= 4 is 40.0 Å². The van der Waals surface area contributed by atoms with Crippen LogP contribution in [0.25, 0.3) is 10.8 Å². The van der Waals surface area contributed by atoms with Gasteiger partial charge >= 0.3 is 6.03 Å². The van der Waals surface area contributed by atoms with Gasteiger partial charge in [0.2, 0.25) is 0 Å². The molecule has 0 radical (unpaired) electrons. The summed E-state index contributed by atoms with van der Waals surface area (Å²) in [6.45, 7) is 0. The molecule has 0 saturated carbocycles. The lowest BCUT2D eigenvalue weighted by atomic mass is 9.89. The molecule has 0 aliphatic rings. The first-order chi connectivity index (χ1) is 14.6. The Morgan fingerprint density at radius 3 is 1.83 bits per heavy atom. The fourth-order valence-corrected chi connectivity index (χ4v) is 3.74. The Bertz CT molecular complexity index is 1150. The van der Waals surface area contributed by atoms with E-state index in [1.807, 2.05) is 48.5 Å². The van der Waals surface area contributed by atoms with Gasteiger partial charge in [0.1, 0.15) is 0 Å². The Morgan fingerprint density at radius 2 is 1.20 bits per heavy atom.